The van der Waals surface area contributed by atoms with Gasteiger partial charge in [-0.3, -0.25) is 4.90 Å². The van der Waals surface area contributed by atoms with Crippen LogP contribution in [-0.2, 0) is 13.1 Å². The van der Waals surface area contributed by atoms with Crippen molar-refractivity contribution in [3.05, 3.63) is 71.4 Å². The molecule has 0 aliphatic rings. The van der Waals surface area contributed by atoms with Crippen molar-refractivity contribution in [1.29, 1.82) is 0 Å². The zero-order valence-electron chi connectivity index (χ0n) is 13.9. The summed E-state index contributed by atoms with van der Waals surface area (Å²) in [5, 5.41) is 8.27. The van der Waals surface area contributed by atoms with Crippen LogP contribution in [0.1, 0.15) is 23.9 Å². The number of aryl methyl sites for hydroxylation is 1. The molecular formula is C19H20FN3O. The first-order valence-electron chi connectivity index (χ1n) is 8.00. The molecule has 3 aromatic rings. The third-order valence-corrected chi connectivity index (χ3v) is 3.83. The Hall–Kier alpha value is -2.53. The molecule has 0 spiro atoms. The summed E-state index contributed by atoms with van der Waals surface area (Å²) in [6.07, 6.45) is 0. The molecule has 0 bridgehead atoms. The number of halogens is 1. The summed E-state index contributed by atoms with van der Waals surface area (Å²) in [7, 11) is 0. The second kappa shape index (κ2) is 7.36. The summed E-state index contributed by atoms with van der Waals surface area (Å²) in [5.74, 6) is 0.864. The number of nitrogens with zero attached hydrogens (tertiary/aromatic N) is 3. The molecular weight excluding hydrogens is 305 g/mol. The van der Waals surface area contributed by atoms with Crippen LogP contribution in [-0.4, -0.2) is 21.6 Å². The van der Waals surface area contributed by atoms with Crippen molar-refractivity contribution in [3.8, 4) is 11.5 Å². The van der Waals surface area contributed by atoms with Crippen LogP contribution >= 0.6 is 0 Å². The van der Waals surface area contributed by atoms with E-state index in [4.69, 9.17) is 4.42 Å². The Morgan fingerprint density at radius 2 is 1.88 bits per heavy atom. The zero-order valence-corrected chi connectivity index (χ0v) is 13.9. The van der Waals surface area contributed by atoms with Gasteiger partial charge < -0.3 is 4.42 Å². The van der Waals surface area contributed by atoms with Gasteiger partial charge in [0.05, 0.1) is 6.54 Å². The zero-order chi connectivity index (χ0) is 16.9. The van der Waals surface area contributed by atoms with E-state index in [0.717, 1.165) is 23.2 Å². The Bertz CT molecular complexity index is 816. The minimum absolute atomic E-state index is 0.219. The van der Waals surface area contributed by atoms with Crippen LogP contribution in [0.2, 0.25) is 0 Å². The summed E-state index contributed by atoms with van der Waals surface area (Å²) < 4.78 is 19.1. The summed E-state index contributed by atoms with van der Waals surface area (Å²) >= 11 is 0. The molecule has 1 aromatic heterocycles. The normalized spacial score (nSPS) is 11.2. The van der Waals surface area contributed by atoms with Gasteiger partial charge in [0, 0.05) is 12.1 Å². The number of benzene rings is 2. The van der Waals surface area contributed by atoms with Crippen LogP contribution in [0.3, 0.4) is 0 Å². The van der Waals surface area contributed by atoms with Crippen LogP contribution < -0.4 is 0 Å². The molecule has 0 saturated carbocycles. The van der Waals surface area contributed by atoms with E-state index in [1.807, 2.05) is 37.3 Å². The molecule has 0 atom stereocenters. The number of aromatic nitrogens is 2. The molecule has 0 radical (unpaired) electrons. The maximum Gasteiger partial charge on any atom is 0.247 e. The third-order valence-electron chi connectivity index (χ3n) is 3.83. The van der Waals surface area contributed by atoms with Gasteiger partial charge in [-0.1, -0.05) is 36.8 Å². The van der Waals surface area contributed by atoms with Crippen LogP contribution in [0.25, 0.3) is 11.5 Å². The van der Waals surface area contributed by atoms with Crippen molar-refractivity contribution >= 4 is 0 Å². The van der Waals surface area contributed by atoms with Crippen molar-refractivity contribution in [3.63, 3.8) is 0 Å². The fraction of sp³-hybridized carbons (Fsp3) is 0.263. The highest BCUT2D eigenvalue weighted by molar-refractivity contribution is 5.53. The smallest absolute Gasteiger partial charge is 0.247 e. The first-order chi connectivity index (χ1) is 11.6. The van der Waals surface area contributed by atoms with Crippen molar-refractivity contribution < 1.29 is 8.81 Å². The maximum atomic E-state index is 13.3. The lowest BCUT2D eigenvalue weighted by Crippen LogP contribution is -2.22. The second-order valence-electron chi connectivity index (χ2n) is 5.80. The SMILES string of the molecule is CCN(Cc1cccc(F)c1)Cc1nnc(-c2cccc(C)c2)o1. The van der Waals surface area contributed by atoms with Crippen LogP contribution in [0.15, 0.2) is 52.9 Å². The van der Waals surface area contributed by atoms with Crippen molar-refractivity contribution in [2.45, 2.75) is 26.9 Å². The van der Waals surface area contributed by atoms with Crippen molar-refractivity contribution in [1.82, 2.24) is 15.1 Å². The number of hydrogen-bond donors (Lipinski definition) is 0. The first kappa shape index (κ1) is 16.3. The molecule has 5 heteroatoms. The Kier molecular flexibility index (Phi) is 5.01. The van der Waals surface area contributed by atoms with Gasteiger partial charge in [-0.25, -0.2) is 4.39 Å². The van der Waals surface area contributed by atoms with E-state index >= 15 is 0 Å². The standard InChI is InChI=1S/C19H20FN3O/c1-3-23(12-15-7-5-9-17(20)11-15)13-18-21-22-19(24-18)16-8-4-6-14(2)10-16/h4-11H,3,12-13H2,1-2H3. The molecule has 3 rings (SSSR count). The maximum absolute atomic E-state index is 13.3. The minimum Gasteiger partial charge on any atom is -0.419 e. The van der Waals surface area contributed by atoms with Gasteiger partial charge in [0.2, 0.25) is 11.8 Å². The predicted molar refractivity (Wildman–Crippen MR) is 90.7 cm³/mol. The van der Waals surface area contributed by atoms with E-state index in [0.29, 0.717) is 24.9 Å². The van der Waals surface area contributed by atoms with Gasteiger partial charge in [0.25, 0.3) is 0 Å². The van der Waals surface area contributed by atoms with E-state index < -0.39 is 0 Å². The quantitative estimate of drug-likeness (QED) is 0.681. The van der Waals surface area contributed by atoms with Gasteiger partial charge >= 0.3 is 0 Å². The second-order valence-corrected chi connectivity index (χ2v) is 5.80. The molecule has 0 unspecified atom stereocenters. The predicted octanol–water partition coefficient (Wildman–Crippen LogP) is 4.21. The summed E-state index contributed by atoms with van der Waals surface area (Å²) in [4.78, 5) is 2.13. The molecule has 0 saturated heterocycles. The van der Waals surface area contributed by atoms with Gasteiger partial charge in [-0.15, -0.1) is 10.2 Å². The first-order valence-corrected chi connectivity index (χ1v) is 8.00. The van der Waals surface area contributed by atoms with Gasteiger partial charge in [-0.2, -0.15) is 0 Å². The molecule has 0 N–H and O–H groups in total. The summed E-state index contributed by atoms with van der Waals surface area (Å²) in [5.41, 5.74) is 2.99. The lowest BCUT2D eigenvalue weighted by atomic mass is 10.1. The molecule has 2 aromatic carbocycles. The van der Waals surface area contributed by atoms with Gasteiger partial charge in [-0.05, 0) is 43.3 Å². The van der Waals surface area contributed by atoms with Gasteiger partial charge in [0.1, 0.15) is 5.82 Å². The van der Waals surface area contributed by atoms with E-state index in [-0.39, 0.29) is 5.82 Å². The van der Waals surface area contributed by atoms with E-state index in [1.165, 1.54) is 6.07 Å². The lowest BCUT2D eigenvalue weighted by molar-refractivity contribution is 0.243. The number of hydrogen-bond acceptors (Lipinski definition) is 4. The van der Waals surface area contributed by atoms with Gasteiger partial charge in [0.15, 0.2) is 0 Å². The minimum atomic E-state index is -0.219. The molecule has 0 aliphatic heterocycles. The average molecular weight is 325 g/mol. The number of rotatable bonds is 6. The van der Waals surface area contributed by atoms with Crippen LogP contribution in [0.4, 0.5) is 4.39 Å². The van der Waals surface area contributed by atoms with E-state index in [2.05, 4.69) is 22.0 Å². The van der Waals surface area contributed by atoms with Crippen molar-refractivity contribution in [2.24, 2.45) is 0 Å². The summed E-state index contributed by atoms with van der Waals surface area (Å²) in [6, 6.07) is 14.6. The Labute approximate surface area is 140 Å². The molecule has 24 heavy (non-hydrogen) atoms. The highest BCUT2D eigenvalue weighted by Crippen LogP contribution is 2.19. The van der Waals surface area contributed by atoms with E-state index in [9.17, 15) is 4.39 Å². The van der Waals surface area contributed by atoms with Crippen molar-refractivity contribution in [2.75, 3.05) is 6.54 Å². The molecule has 0 fully saturated rings. The Balaban J connectivity index is 1.70. The topological polar surface area (TPSA) is 42.2 Å². The molecule has 0 aliphatic carbocycles. The highest BCUT2D eigenvalue weighted by Gasteiger charge is 2.12. The monoisotopic (exact) mass is 325 g/mol. The molecule has 124 valence electrons. The Morgan fingerprint density at radius 3 is 2.62 bits per heavy atom. The van der Waals surface area contributed by atoms with Crippen LogP contribution in [0.5, 0.6) is 0 Å². The highest BCUT2D eigenvalue weighted by atomic mass is 19.1. The molecule has 1 heterocycles. The van der Waals surface area contributed by atoms with E-state index in [1.54, 1.807) is 12.1 Å². The van der Waals surface area contributed by atoms with Crippen LogP contribution in [0, 0.1) is 12.7 Å². The fourth-order valence-corrected chi connectivity index (χ4v) is 2.58. The summed E-state index contributed by atoms with van der Waals surface area (Å²) in [6.45, 7) is 6.05. The largest absolute Gasteiger partial charge is 0.419 e. The molecule has 0 amide bonds. The average Bonchev–Trinajstić information content (AvgIpc) is 3.03. The third kappa shape index (κ3) is 4.06. The fourth-order valence-electron chi connectivity index (χ4n) is 2.58. The Morgan fingerprint density at radius 1 is 1.04 bits per heavy atom. The lowest BCUT2D eigenvalue weighted by Gasteiger charge is -2.18. The molecule has 4 nitrogen and oxygen atoms in total.